The van der Waals surface area contributed by atoms with Gasteiger partial charge >= 0.3 is 0 Å². The lowest BCUT2D eigenvalue weighted by molar-refractivity contribution is -0.139. The topological polar surface area (TPSA) is 46.3 Å². The Morgan fingerprint density at radius 1 is 1.31 bits per heavy atom. The molecule has 0 bridgehead atoms. The average Bonchev–Trinajstić information content (AvgIpc) is 2.16. The average molecular weight is 226 g/mol. The summed E-state index contributed by atoms with van der Waals surface area (Å²) in [7, 11) is 0. The summed E-state index contributed by atoms with van der Waals surface area (Å²) in [6, 6.07) is 0.395. The highest BCUT2D eigenvalue weighted by atomic mass is 16.2. The maximum absolute atomic E-state index is 12.3. The largest absolute Gasteiger partial charge is 0.336 e. The van der Waals surface area contributed by atoms with E-state index >= 15 is 0 Å². The van der Waals surface area contributed by atoms with Crippen molar-refractivity contribution in [1.29, 1.82) is 0 Å². The minimum Gasteiger partial charge on any atom is -0.336 e. The number of amides is 1. The number of hydrogen-bond donors (Lipinski definition) is 1. The zero-order chi connectivity index (χ0) is 12.3. The maximum atomic E-state index is 12.3. The second-order valence-corrected chi connectivity index (χ2v) is 5.61. The highest BCUT2D eigenvalue weighted by Crippen LogP contribution is 2.23. The van der Waals surface area contributed by atoms with Gasteiger partial charge in [-0.3, -0.25) is 4.79 Å². The number of rotatable bonds is 3. The summed E-state index contributed by atoms with van der Waals surface area (Å²) < 4.78 is 0. The van der Waals surface area contributed by atoms with E-state index in [1.54, 1.807) is 0 Å². The molecule has 3 atom stereocenters. The third-order valence-corrected chi connectivity index (χ3v) is 3.49. The van der Waals surface area contributed by atoms with Crippen molar-refractivity contribution in [2.75, 3.05) is 0 Å². The van der Waals surface area contributed by atoms with Crippen molar-refractivity contribution in [2.24, 2.45) is 11.7 Å². The fourth-order valence-corrected chi connectivity index (χ4v) is 2.66. The van der Waals surface area contributed by atoms with Crippen LogP contribution in [0, 0.1) is 5.92 Å². The van der Waals surface area contributed by atoms with E-state index < -0.39 is 0 Å². The third kappa shape index (κ3) is 3.21. The molecule has 1 aliphatic heterocycles. The van der Waals surface area contributed by atoms with Gasteiger partial charge in [0.15, 0.2) is 0 Å². The molecule has 1 fully saturated rings. The fraction of sp³-hybridized carbons (Fsp3) is 0.923. The van der Waals surface area contributed by atoms with Crippen molar-refractivity contribution in [3.8, 4) is 0 Å². The summed E-state index contributed by atoms with van der Waals surface area (Å²) in [4.78, 5) is 14.3. The zero-order valence-corrected chi connectivity index (χ0v) is 11.1. The van der Waals surface area contributed by atoms with Crippen molar-refractivity contribution < 1.29 is 4.79 Å². The summed E-state index contributed by atoms with van der Waals surface area (Å²) in [5, 5.41) is 0. The molecule has 3 nitrogen and oxygen atoms in total. The van der Waals surface area contributed by atoms with Crippen LogP contribution in [0.1, 0.15) is 53.4 Å². The second-order valence-electron chi connectivity index (χ2n) is 5.61. The van der Waals surface area contributed by atoms with Gasteiger partial charge in [-0.2, -0.15) is 0 Å². The SMILES string of the molecule is CC(C)C[C@@H](N)C(=O)N1C(C)CCCC1C. The number of piperidine rings is 1. The van der Waals surface area contributed by atoms with Crippen LogP contribution in [-0.2, 0) is 4.79 Å². The van der Waals surface area contributed by atoms with Gasteiger partial charge in [0.25, 0.3) is 0 Å². The van der Waals surface area contributed by atoms with Gasteiger partial charge in [-0.25, -0.2) is 0 Å². The molecular formula is C13H26N2O. The Morgan fingerprint density at radius 2 is 1.81 bits per heavy atom. The van der Waals surface area contributed by atoms with E-state index in [9.17, 15) is 4.79 Å². The van der Waals surface area contributed by atoms with Crippen LogP contribution in [0.2, 0.25) is 0 Å². The van der Waals surface area contributed by atoms with Gasteiger partial charge in [0.2, 0.25) is 5.91 Å². The quantitative estimate of drug-likeness (QED) is 0.801. The molecule has 1 rings (SSSR count). The van der Waals surface area contributed by atoms with Crippen LogP contribution < -0.4 is 5.73 Å². The van der Waals surface area contributed by atoms with Gasteiger partial charge in [-0.15, -0.1) is 0 Å². The molecule has 3 heteroatoms. The van der Waals surface area contributed by atoms with E-state index in [0.29, 0.717) is 18.0 Å². The van der Waals surface area contributed by atoms with Crippen molar-refractivity contribution >= 4 is 5.91 Å². The Hall–Kier alpha value is -0.570. The molecule has 0 aliphatic carbocycles. The molecule has 1 amide bonds. The van der Waals surface area contributed by atoms with Crippen molar-refractivity contribution in [2.45, 2.75) is 71.5 Å². The lowest BCUT2D eigenvalue weighted by Gasteiger charge is -2.40. The van der Waals surface area contributed by atoms with Crippen molar-refractivity contribution in [1.82, 2.24) is 4.90 Å². The molecule has 0 saturated carbocycles. The Labute approximate surface area is 99.4 Å². The van der Waals surface area contributed by atoms with Crippen LogP contribution in [0.15, 0.2) is 0 Å². The number of nitrogens with two attached hydrogens (primary N) is 1. The first kappa shape index (κ1) is 13.5. The third-order valence-electron chi connectivity index (χ3n) is 3.49. The zero-order valence-electron chi connectivity index (χ0n) is 11.1. The monoisotopic (exact) mass is 226 g/mol. The number of hydrogen-bond acceptors (Lipinski definition) is 2. The highest BCUT2D eigenvalue weighted by molar-refractivity contribution is 5.82. The van der Waals surface area contributed by atoms with Gasteiger partial charge in [0.1, 0.15) is 0 Å². The summed E-state index contributed by atoms with van der Waals surface area (Å²) >= 11 is 0. The number of likely N-dealkylation sites (tertiary alicyclic amines) is 1. The summed E-state index contributed by atoms with van der Waals surface area (Å²) in [6.07, 6.45) is 4.25. The van der Waals surface area contributed by atoms with Gasteiger partial charge in [-0.1, -0.05) is 13.8 Å². The van der Waals surface area contributed by atoms with E-state index in [0.717, 1.165) is 19.3 Å². The van der Waals surface area contributed by atoms with E-state index in [4.69, 9.17) is 5.73 Å². The molecule has 94 valence electrons. The van der Waals surface area contributed by atoms with Gasteiger partial charge in [-0.05, 0) is 45.4 Å². The molecule has 1 aliphatic rings. The van der Waals surface area contributed by atoms with Gasteiger partial charge in [0, 0.05) is 12.1 Å². The smallest absolute Gasteiger partial charge is 0.239 e. The summed E-state index contributed by atoms with van der Waals surface area (Å²) in [5.41, 5.74) is 5.98. The Morgan fingerprint density at radius 3 is 2.25 bits per heavy atom. The van der Waals surface area contributed by atoms with Crippen molar-refractivity contribution in [3.63, 3.8) is 0 Å². The van der Waals surface area contributed by atoms with Gasteiger partial charge < -0.3 is 10.6 Å². The predicted octanol–water partition coefficient (Wildman–Crippen LogP) is 2.15. The van der Waals surface area contributed by atoms with E-state index in [1.165, 1.54) is 6.42 Å². The van der Waals surface area contributed by atoms with Crippen LogP contribution in [0.4, 0.5) is 0 Å². The maximum Gasteiger partial charge on any atom is 0.239 e. The molecule has 1 heterocycles. The van der Waals surface area contributed by atoms with Crippen LogP contribution in [0.3, 0.4) is 0 Å². The lowest BCUT2D eigenvalue weighted by Crippen LogP contribution is -2.53. The molecule has 0 spiro atoms. The van der Waals surface area contributed by atoms with Crippen LogP contribution in [0.25, 0.3) is 0 Å². The first-order valence-corrected chi connectivity index (χ1v) is 6.51. The molecule has 2 N–H and O–H groups in total. The predicted molar refractivity (Wildman–Crippen MR) is 67.1 cm³/mol. The summed E-state index contributed by atoms with van der Waals surface area (Å²) in [5.74, 6) is 0.628. The molecule has 2 unspecified atom stereocenters. The molecule has 0 aromatic heterocycles. The van der Waals surface area contributed by atoms with Gasteiger partial charge in [0.05, 0.1) is 6.04 Å². The Kier molecular flexibility index (Phi) is 4.78. The van der Waals surface area contributed by atoms with Crippen LogP contribution >= 0.6 is 0 Å². The Bertz CT molecular complexity index is 230. The first-order chi connectivity index (χ1) is 7.43. The van der Waals surface area contributed by atoms with Crippen LogP contribution in [-0.4, -0.2) is 28.9 Å². The first-order valence-electron chi connectivity index (χ1n) is 6.51. The molecule has 1 saturated heterocycles. The van der Waals surface area contributed by atoms with Crippen LogP contribution in [0.5, 0.6) is 0 Å². The number of nitrogens with zero attached hydrogens (tertiary/aromatic N) is 1. The minimum absolute atomic E-state index is 0.147. The molecular weight excluding hydrogens is 200 g/mol. The normalized spacial score (nSPS) is 28.2. The second kappa shape index (κ2) is 5.67. The number of carbonyl (C=O) groups excluding carboxylic acids is 1. The van der Waals surface area contributed by atoms with E-state index in [1.807, 2.05) is 4.90 Å². The van der Waals surface area contributed by atoms with E-state index in [2.05, 4.69) is 27.7 Å². The summed E-state index contributed by atoms with van der Waals surface area (Å²) in [6.45, 7) is 8.48. The fourth-order valence-electron chi connectivity index (χ4n) is 2.66. The van der Waals surface area contributed by atoms with Crippen molar-refractivity contribution in [3.05, 3.63) is 0 Å². The standard InChI is InChI=1S/C13H26N2O/c1-9(2)8-12(14)13(16)15-10(3)6-5-7-11(15)4/h9-12H,5-8,14H2,1-4H3/t10?,11?,12-/m1/s1. The molecule has 0 aromatic rings. The number of carbonyl (C=O) groups is 1. The molecule has 0 radical (unpaired) electrons. The molecule has 0 aromatic carbocycles. The lowest BCUT2D eigenvalue weighted by atomic mass is 9.95. The Balaban J connectivity index is 2.63. The highest BCUT2D eigenvalue weighted by Gasteiger charge is 2.31. The van der Waals surface area contributed by atoms with E-state index in [-0.39, 0.29) is 11.9 Å². The molecule has 16 heavy (non-hydrogen) atoms. The minimum atomic E-state index is -0.317.